The van der Waals surface area contributed by atoms with Gasteiger partial charge in [-0.2, -0.15) is 0 Å². The molecule has 0 unspecified atom stereocenters. The lowest BCUT2D eigenvalue weighted by molar-refractivity contribution is -0.116. The maximum atomic E-state index is 13.1. The lowest BCUT2D eigenvalue weighted by Crippen LogP contribution is -2.30. The van der Waals surface area contributed by atoms with Crippen molar-refractivity contribution in [3.8, 4) is 17.3 Å². The molecule has 0 amide bonds. The van der Waals surface area contributed by atoms with Gasteiger partial charge in [0.05, 0.1) is 17.8 Å². The van der Waals surface area contributed by atoms with E-state index in [2.05, 4.69) is 0 Å². The number of halogens is 2. The monoisotopic (exact) mass is 448 g/mol. The molecule has 0 fully saturated rings. The molecule has 0 atom stereocenters. The summed E-state index contributed by atoms with van der Waals surface area (Å²) in [5.74, 6) is -1.88. The van der Waals surface area contributed by atoms with Gasteiger partial charge >= 0.3 is 0 Å². The number of ketones is 2. The minimum absolute atomic E-state index is 0.0727. The second kappa shape index (κ2) is 8.32. The van der Waals surface area contributed by atoms with Crippen LogP contribution in [-0.4, -0.2) is 25.8 Å². The first-order valence-electron chi connectivity index (χ1n) is 8.36. The number of hydrogen-bond donors (Lipinski definition) is 1. The highest BCUT2D eigenvalue weighted by Crippen LogP contribution is 2.24. The smallest absolute Gasteiger partial charge is 0.273 e. The molecule has 0 aliphatic carbocycles. The number of carbonyl (C=O) groups excluding carboxylic acids is 2. The molecule has 2 aromatic carbocycles. The maximum absolute atomic E-state index is 13.1. The molecule has 0 spiro atoms. The summed E-state index contributed by atoms with van der Waals surface area (Å²) < 4.78 is 2.21. The molecule has 0 saturated carbocycles. The molecular formula is C20H14Cl2N2O4S. The highest BCUT2D eigenvalue weighted by Gasteiger charge is 2.25. The van der Waals surface area contributed by atoms with Crippen molar-refractivity contribution in [2.75, 3.05) is 0 Å². The predicted molar refractivity (Wildman–Crippen MR) is 114 cm³/mol. The topological polar surface area (TPSA) is 81.3 Å². The average Bonchev–Trinajstić information content (AvgIpc) is 2.64. The van der Waals surface area contributed by atoms with E-state index in [0.717, 1.165) is 4.57 Å². The zero-order chi connectivity index (χ0) is 21.3. The molecule has 0 saturated heterocycles. The minimum atomic E-state index is -0.828. The summed E-state index contributed by atoms with van der Waals surface area (Å²) in [6, 6.07) is 12.6. The average molecular weight is 449 g/mol. The van der Waals surface area contributed by atoms with Gasteiger partial charge in [-0.3, -0.25) is 23.5 Å². The van der Waals surface area contributed by atoms with Crippen molar-refractivity contribution in [2.24, 2.45) is 0 Å². The number of hydrogen-bond acceptors (Lipinski definition) is 5. The first-order valence-corrected chi connectivity index (χ1v) is 9.52. The number of Topliss-reactive ketones (excluding diaryl/α,β-unsaturated/α-hetero) is 2. The molecule has 3 aromatic rings. The molecule has 1 heterocycles. The molecule has 0 aliphatic heterocycles. The first kappa shape index (κ1) is 21.0. The van der Waals surface area contributed by atoms with Gasteiger partial charge in [0.25, 0.3) is 5.56 Å². The molecule has 6 nitrogen and oxygen atoms in total. The summed E-state index contributed by atoms with van der Waals surface area (Å²) in [6.45, 7) is 1.22. The van der Waals surface area contributed by atoms with Gasteiger partial charge in [-0.25, -0.2) is 0 Å². The van der Waals surface area contributed by atoms with Crippen LogP contribution < -0.4 is 5.56 Å². The van der Waals surface area contributed by atoms with Gasteiger partial charge in [-0.1, -0.05) is 23.2 Å². The molecule has 148 valence electrons. The van der Waals surface area contributed by atoms with Crippen molar-refractivity contribution in [1.29, 1.82) is 0 Å². The van der Waals surface area contributed by atoms with Crippen molar-refractivity contribution in [1.82, 2.24) is 9.13 Å². The Labute approximate surface area is 180 Å². The molecule has 0 bridgehead atoms. The molecule has 9 heteroatoms. The Bertz CT molecular complexity index is 1230. The quantitative estimate of drug-likeness (QED) is 0.352. The van der Waals surface area contributed by atoms with Crippen molar-refractivity contribution < 1.29 is 14.7 Å². The van der Waals surface area contributed by atoms with Crippen molar-refractivity contribution in [3.05, 3.63) is 79.3 Å². The van der Waals surface area contributed by atoms with Crippen LogP contribution >= 0.6 is 35.4 Å². The Morgan fingerprint density at radius 1 is 0.931 bits per heavy atom. The van der Waals surface area contributed by atoms with Gasteiger partial charge in [-0.05, 0) is 67.7 Å². The number of benzene rings is 2. The van der Waals surface area contributed by atoms with E-state index in [4.69, 9.17) is 35.4 Å². The van der Waals surface area contributed by atoms with Gasteiger partial charge in [0.2, 0.25) is 5.88 Å². The second-order valence-corrected chi connectivity index (χ2v) is 7.45. The fourth-order valence-corrected chi connectivity index (χ4v) is 3.43. The Morgan fingerprint density at radius 3 is 1.83 bits per heavy atom. The van der Waals surface area contributed by atoms with Crippen LogP contribution in [0.4, 0.5) is 0 Å². The lowest BCUT2D eigenvalue weighted by Gasteiger charge is -2.17. The van der Waals surface area contributed by atoms with Crippen LogP contribution in [0.2, 0.25) is 10.0 Å². The molecule has 0 aliphatic rings. The molecule has 1 N–H and O–H groups in total. The van der Waals surface area contributed by atoms with E-state index in [-0.39, 0.29) is 4.77 Å². The van der Waals surface area contributed by atoms with E-state index < -0.39 is 35.0 Å². The molecule has 3 rings (SSSR count). The molecule has 0 radical (unpaired) electrons. The molecular weight excluding hydrogens is 435 g/mol. The van der Waals surface area contributed by atoms with Crippen LogP contribution in [0.5, 0.6) is 5.88 Å². The third-order valence-electron chi connectivity index (χ3n) is 4.09. The Morgan fingerprint density at radius 2 is 1.38 bits per heavy atom. The van der Waals surface area contributed by atoms with E-state index in [9.17, 15) is 19.5 Å². The number of aromatic hydroxyl groups is 1. The lowest BCUT2D eigenvalue weighted by atomic mass is 10.1. The second-order valence-electron chi connectivity index (χ2n) is 6.21. The zero-order valence-electron chi connectivity index (χ0n) is 15.1. The first-order chi connectivity index (χ1) is 13.7. The summed E-state index contributed by atoms with van der Waals surface area (Å²) in [5, 5.41) is 11.7. The fraction of sp³-hybridized carbons (Fsp3) is 0.100. The highest BCUT2D eigenvalue weighted by molar-refractivity contribution is 7.71. The van der Waals surface area contributed by atoms with Crippen LogP contribution in [0.25, 0.3) is 11.4 Å². The maximum Gasteiger partial charge on any atom is 0.273 e. The standard InChI is InChI=1S/C20H14Cl2N2O4S/c1-11(25)10-16(26)17-18(27)23(14-6-2-12(21)3-7-14)20(29)24(19(17)28)15-8-4-13(22)5-9-15/h2-9,27H,10H2,1H3. The number of rotatable bonds is 5. The largest absolute Gasteiger partial charge is 0.493 e. The normalized spacial score (nSPS) is 10.7. The van der Waals surface area contributed by atoms with Crippen LogP contribution in [0.1, 0.15) is 23.7 Å². The van der Waals surface area contributed by atoms with E-state index in [1.54, 1.807) is 48.5 Å². The fourth-order valence-electron chi connectivity index (χ4n) is 2.80. The van der Waals surface area contributed by atoms with E-state index in [1.807, 2.05) is 0 Å². The van der Waals surface area contributed by atoms with Crippen molar-refractivity contribution >= 4 is 47.0 Å². The van der Waals surface area contributed by atoms with Crippen LogP contribution in [0.3, 0.4) is 0 Å². The van der Waals surface area contributed by atoms with Crippen LogP contribution in [0.15, 0.2) is 53.3 Å². The van der Waals surface area contributed by atoms with Gasteiger partial charge in [0.1, 0.15) is 11.3 Å². The zero-order valence-corrected chi connectivity index (χ0v) is 17.4. The summed E-state index contributed by atoms with van der Waals surface area (Å²) in [6.07, 6.45) is -0.527. The van der Waals surface area contributed by atoms with Gasteiger partial charge in [0.15, 0.2) is 10.6 Å². The van der Waals surface area contributed by atoms with E-state index >= 15 is 0 Å². The SMILES string of the molecule is CC(=O)CC(=O)c1c(O)n(-c2ccc(Cl)cc2)c(=S)n(-c2ccc(Cl)cc2)c1=O. The highest BCUT2D eigenvalue weighted by atomic mass is 35.5. The van der Waals surface area contributed by atoms with Gasteiger partial charge < -0.3 is 5.11 Å². The Balaban J connectivity index is 2.41. The van der Waals surface area contributed by atoms with E-state index in [0.29, 0.717) is 21.4 Å². The number of aromatic nitrogens is 2. The third kappa shape index (κ3) is 4.17. The number of carbonyl (C=O) groups is 2. The predicted octanol–water partition coefficient (Wildman–Crippen LogP) is 4.53. The Hall–Kier alpha value is -2.74. The third-order valence-corrected chi connectivity index (χ3v) is 4.96. The summed E-state index contributed by atoms with van der Waals surface area (Å²) in [5.41, 5.74) is -0.620. The van der Waals surface area contributed by atoms with Crippen molar-refractivity contribution in [3.63, 3.8) is 0 Å². The van der Waals surface area contributed by atoms with Crippen LogP contribution in [0, 0.1) is 4.77 Å². The minimum Gasteiger partial charge on any atom is -0.493 e. The Kier molecular flexibility index (Phi) is 6.02. The summed E-state index contributed by atoms with van der Waals surface area (Å²) in [4.78, 5) is 37.1. The molecule has 1 aromatic heterocycles. The number of nitrogens with zero attached hydrogens (tertiary/aromatic N) is 2. The van der Waals surface area contributed by atoms with Crippen molar-refractivity contribution in [2.45, 2.75) is 13.3 Å². The van der Waals surface area contributed by atoms with Crippen LogP contribution in [-0.2, 0) is 4.79 Å². The van der Waals surface area contributed by atoms with Gasteiger partial charge in [0, 0.05) is 10.0 Å². The van der Waals surface area contributed by atoms with Gasteiger partial charge in [-0.15, -0.1) is 0 Å². The molecule has 29 heavy (non-hydrogen) atoms. The summed E-state index contributed by atoms with van der Waals surface area (Å²) in [7, 11) is 0. The van der Waals surface area contributed by atoms with E-state index in [1.165, 1.54) is 11.5 Å². The summed E-state index contributed by atoms with van der Waals surface area (Å²) >= 11 is 17.3.